The van der Waals surface area contributed by atoms with E-state index < -0.39 is 17.4 Å². The van der Waals surface area contributed by atoms with Crippen molar-refractivity contribution in [3.8, 4) is 11.5 Å². The lowest BCUT2D eigenvalue weighted by Gasteiger charge is -2.70. The molecule has 9 atom stereocenters. The summed E-state index contributed by atoms with van der Waals surface area (Å²) < 4.78 is 4.75. The monoisotopic (exact) mass is 666 g/mol. The number of hydrogen-bond acceptors (Lipinski definition) is 7. The van der Waals surface area contributed by atoms with Gasteiger partial charge in [0.2, 0.25) is 0 Å². The summed E-state index contributed by atoms with van der Waals surface area (Å²) in [6.07, 6.45) is 9.95. The standard InChI is InChI=1S/C30H46O4.C10H12O4/c1-25(2)21-8-11-30(7)23(28(21,5)10-9-22(25)32)20(31)16-18-19-17-27(4,24(33)34)13-12-26(19,3)14-15-29(18,30)6;1-3-14-10(13)9-6(2)4-7(11)5-8(9)12/h16,19,21-23,32H,8-15,17H2,1-7H3,(H,33,34);4-5,11-12H,3H2,1-2H3. The van der Waals surface area contributed by atoms with Crippen molar-refractivity contribution < 1.29 is 39.5 Å². The molecule has 4 saturated carbocycles. The normalized spacial score (nSPS) is 41.2. The number of aliphatic hydroxyl groups excluding tert-OH is 1. The van der Waals surface area contributed by atoms with E-state index in [1.54, 1.807) is 13.8 Å². The highest BCUT2D eigenvalue weighted by Gasteiger charge is 2.70. The van der Waals surface area contributed by atoms with Gasteiger partial charge in [-0.2, -0.15) is 0 Å². The topological polar surface area (TPSA) is 141 Å². The van der Waals surface area contributed by atoms with Crippen LogP contribution in [0.1, 0.15) is 129 Å². The number of hydrogen-bond donors (Lipinski definition) is 4. The van der Waals surface area contributed by atoms with Gasteiger partial charge in [-0.15, -0.1) is 0 Å². The second-order valence-electron chi connectivity index (χ2n) is 17.8. The first kappa shape index (κ1) is 36.4. The Kier molecular flexibility index (Phi) is 9.01. The number of esters is 1. The summed E-state index contributed by atoms with van der Waals surface area (Å²) in [6.45, 7) is 19.4. The largest absolute Gasteiger partial charge is 0.508 e. The van der Waals surface area contributed by atoms with Crippen molar-refractivity contribution in [2.45, 2.75) is 126 Å². The van der Waals surface area contributed by atoms with E-state index in [1.165, 1.54) is 11.6 Å². The molecule has 8 heteroatoms. The lowest BCUT2D eigenvalue weighted by Crippen LogP contribution is -2.66. The number of aryl methyl sites for hydroxylation is 1. The van der Waals surface area contributed by atoms with Gasteiger partial charge in [-0.1, -0.05) is 47.1 Å². The molecule has 4 N–H and O–H groups in total. The number of ether oxygens (including phenoxy) is 1. The first-order valence-electron chi connectivity index (χ1n) is 18.0. The van der Waals surface area contributed by atoms with Gasteiger partial charge in [0.05, 0.1) is 18.1 Å². The molecule has 6 rings (SSSR count). The molecule has 0 heterocycles. The first-order chi connectivity index (χ1) is 22.1. The molecule has 8 nitrogen and oxygen atoms in total. The zero-order chi connectivity index (χ0) is 35.8. The lowest BCUT2D eigenvalue weighted by molar-refractivity contribution is -0.202. The number of aromatic hydroxyl groups is 2. The summed E-state index contributed by atoms with van der Waals surface area (Å²) in [4.78, 5) is 37.8. The third-order valence-corrected chi connectivity index (χ3v) is 14.8. The van der Waals surface area contributed by atoms with Crippen molar-refractivity contribution in [1.82, 2.24) is 0 Å². The van der Waals surface area contributed by atoms with Crippen molar-refractivity contribution in [1.29, 1.82) is 0 Å². The van der Waals surface area contributed by atoms with Crippen molar-refractivity contribution in [3.05, 3.63) is 34.9 Å². The van der Waals surface area contributed by atoms with Crippen LogP contribution in [0.25, 0.3) is 0 Å². The lowest BCUT2D eigenvalue weighted by atomic mass is 9.33. The van der Waals surface area contributed by atoms with E-state index in [9.17, 15) is 29.7 Å². The van der Waals surface area contributed by atoms with Crippen molar-refractivity contribution in [2.75, 3.05) is 6.61 Å². The van der Waals surface area contributed by atoms with Gasteiger partial charge in [-0.3, -0.25) is 9.59 Å². The number of benzene rings is 1. The van der Waals surface area contributed by atoms with E-state index in [1.807, 2.05) is 13.0 Å². The van der Waals surface area contributed by atoms with Crippen LogP contribution in [0.4, 0.5) is 0 Å². The number of phenols is 2. The summed E-state index contributed by atoms with van der Waals surface area (Å²) >= 11 is 0. The van der Waals surface area contributed by atoms with Crippen LogP contribution in [0, 0.1) is 57.2 Å². The fourth-order valence-corrected chi connectivity index (χ4v) is 11.6. The van der Waals surface area contributed by atoms with Gasteiger partial charge >= 0.3 is 11.9 Å². The van der Waals surface area contributed by atoms with Crippen LogP contribution in [0.2, 0.25) is 0 Å². The van der Waals surface area contributed by atoms with Gasteiger partial charge in [0.25, 0.3) is 0 Å². The molecule has 0 spiro atoms. The van der Waals surface area contributed by atoms with Crippen LogP contribution in [0.15, 0.2) is 23.8 Å². The molecule has 266 valence electrons. The van der Waals surface area contributed by atoms with Gasteiger partial charge in [-0.25, -0.2) is 4.79 Å². The molecule has 5 aliphatic carbocycles. The summed E-state index contributed by atoms with van der Waals surface area (Å²) in [5.74, 6) is -0.860. The van der Waals surface area contributed by atoms with Gasteiger partial charge in [0.15, 0.2) is 5.78 Å². The Balaban J connectivity index is 0.000000271. The predicted octanol–water partition coefficient (Wildman–Crippen LogP) is 8.00. The molecule has 0 amide bonds. The highest BCUT2D eigenvalue weighted by Crippen LogP contribution is 2.75. The Hall–Kier alpha value is -2.87. The van der Waals surface area contributed by atoms with E-state index in [4.69, 9.17) is 9.84 Å². The molecule has 9 unspecified atom stereocenters. The highest BCUT2D eigenvalue weighted by molar-refractivity contribution is 5.96. The van der Waals surface area contributed by atoms with Gasteiger partial charge in [-0.05, 0) is 135 Å². The zero-order valence-electron chi connectivity index (χ0n) is 30.5. The number of allylic oxidation sites excluding steroid dienone is 2. The average molecular weight is 667 g/mol. The molecular weight excluding hydrogens is 608 g/mol. The fourth-order valence-electron chi connectivity index (χ4n) is 11.6. The number of phenolic OH excluding ortho intramolecular Hbond substituents is 2. The van der Waals surface area contributed by atoms with Gasteiger partial charge in [0, 0.05) is 12.0 Å². The van der Waals surface area contributed by atoms with Crippen LogP contribution >= 0.6 is 0 Å². The SMILES string of the molecule is CC1(C(=O)O)CCC2(C)CCC3(C)C(=CC(=O)C4C5(C)CCC(O)C(C)(C)C5CCC43C)C2C1.CCOC(=O)c1c(C)cc(O)cc1O. The van der Waals surface area contributed by atoms with Gasteiger partial charge in [0.1, 0.15) is 17.1 Å². The number of carboxylic acid groups (broad SMARTS) is 1. The molecular formula is C40H58O8. The molecule has 1 aromatic rings. The van der Waals surface area contributed by atoms with Crippen LogP contribution in [-0.4, -0.2) is 50.9 Å². The number of fused-ring (bicyclic) bond motifs is 7. The highest BCUT2D eigenvalue weighted by atomic mass is 16.5. The van der Waals surface area contributed by atoms with Crippen molar-refractivity contribution >= 4 is 17.7 Å². The number of carbonyl (C=O) groups excluding carboxylic acids is 2. The minimum atomic E-state index is -0.711. The molecule has 0 aromatic heterocycles. The Morgan fingerprint density at radius 3 is 2.17 bits per heavy atom. The quantitative estimate of drug-likeness (QED) is 0.238. The van der Waals surface area contributed by atoms with E-state index >= 15 is 0 Å². The van der Waals surface area contributed by atoms with Crippen LogP contribution < -0.4 is 0 Å². The van der Waals surface area contributed by atoms with Crippen LogP contribution in [0.5, 0.6) is 11.5 Å². The molecule has 0 saturated heterocycles. The van der Waals surface area contributed by atoms with Crippen molar-refractivity contribution in [2.24, 2.45) is 50.2 Å². The molecule has 0 radical (unpaired) electrons. The third kappa shape index (κ3) is 5.30. The number of aliphatic hydroxyl groups is 1. The van der Waals surface area contributed by atoms with E-state index in [0.717, 1.165) is 57.4 Å². The number of aliphatic carboxylic acids is 1. The number of ketones is 1. The van der Waals surface area contributed by atoms with E-state index in [0.29, 0.717) is 17.9 Å². The zero-order valence-corrected chi connectivity index (χ0v) is 30.5. The number of rotatable bonds is 3. The minimum absolute atomic E-state index is 0.0296. The second-order valence-corrected chi connectivity index (χ2v) is 17.8. The van der Waals surface area contributed by atoms with Crippen molar-refractivity contribution in [3.63, 3.8) is 0 Å². The maximum atomic E-state index is 14.2. The van der Waals surface area contributed by atoms with Crippen LogP contribution in [0.3, 0.4) is 0 Å². The third-order valence-electron chi connectivity index (χ3n) is 14.8. The molecule has 5 aliphatic rings. The molecule has 48 heavy (non-hydrogen) atoms. The Morgan fingerprint density at radius 2 is 1.56 bits per heavy atom. The maximum absolute atomic E-state index is 14.2. The number of carboxylic acids is 1. The van der Waals surface area contributed by atoms with E-state index in [2.05, 4.69) is 41.5 Å². The Morgan fingerprint density at radius 1 is 0.917 bits per heavy atom. The van der Waals surface area contributed by atoms with Gasteiger partial charge < -0.3 is 25.2 Å². The fraction of sp³-hybridized carbons (Fsp3) is 0.725. The molecule has 4 fully saturated rings. The smallest absolute Gasteiger partial charge is 0.342 e. The average Bonchev–Trinajstić information content (AvgIpc) is 2.97. The summed E-state index contributed by atoms with van der Waals surface area (Å²) in [6, 6.07) is 2.51. The molecule has 0 bridgehead atoms. The Labute approximate surface area is 286 Å². The van der Waals surface area contributed by atoms with E-state index in [-0.39, 0.29) is 74.5 Å². The molecule has 0 aliphatic heterocycles. The summed E-state index contributed by atoms with van der Waals surface area (Å²) in [5, 5.41) is 39.4. The van der Waals surface area contributed by atoms with Crippen LogP contribution in [-0.2, 0) is 14.3 Å². The second kappa shape index (κ2) is 11.9. The molecule has 1 aromatic carbocycles. The Bertz CT molecular complexity index is 1500. The summed E-state index contributed by atoms with van der Waals surface area (Å²) in [5.41, 5.74) is 0.730. The number of carbonyl (C=O) groups is 3. The first-order valence-corrected chi connectivity index (χ1v) is 18.0. The summed E-state index contributed by atoms with van der Waals surface area (Å²) in [7, 11) is 0. The predicted molar refractivity (Wildman–Crippen MR) is 184 cm³/mol. The maximum Gasteiger partial charge on any atom is 0.342 e. The minimum Gasteiger partial charge on any atom is -0.508 e.